The Morgan fingerprint density at radius 1 is 0.850 bits per heavy atom. The summed E-state index contributed by atoms with van der Waals surface area (Å²) < 4.78 is 11.2. The van der Waals surface area contributed by atoms with Crippen LogP contribution in [0.3, 0.4) is 0 Å². The van der Waals surface area contributed by atoms with E-state index in [1.165, 1.54) is 11.3 Å². The average Bonchev–Trinajstić information content (AvgIpc) is 3.35. The summed E-state index contributed by atoms with van der Waals surface area (Å²) in [4.78, 5) is 41.2. The summed E-state index contributed by atoms with van der Waals surface area (Å²) in [7, 11) is 0. The van der Waals surface area contributed by atoms with Crippen molar-refractivity contribution in [1.82, 2.24) is 0 Å². The minimum Gasteiger partial charge on any atom is -0.462 e. The van der Waals surface area contributed by atoms with E-state index >= 15 is 0 Å². The summed E-state index contributed by atoms with van der Waals surface area (Å²) in [6, 6.07) is 25.3. The topological polar surface area (TPSA) is 93.7 Å². The molecule has 0 aliphatic heterocycles. The van der Waals surface area contributed by atoms with Crippen molar-refractivity contribution in [1.29, 1.82) is 0 Å². The highest BCUT2D eigenvalue weighted by Crippen LogP contribution is 2.39. The quantitative estimate of drug-likeness (QED) is 0.215. The van der Waals surface area contributed by atoms with E-state index in [9.17, 15) is 14.4 Å². The molecule has 8 heteroatoms. The third-order valence-corrected chi connectivity index (χ3v) is 7.86. The minimum atomic E-state index is -1.24. The molecule has 2 N–H and O–H groups in total. The van der Waals surface area contributed by atoms with Gasteiger partial charge >= 0.3 is 11.9 Å². The number of fused-ring (bicyclic) bond motifs is 1. The SMILES string of the molecule is CCOC(=O)c1c(NC(=O)[C@H](OC(=O)c2ccccc2Nc2ccccc2)c2ccccc2)sc2c1CCCC2. The van der Waals surface area contributed by atoms with Gasteiger partial charge in [0.25, 0.3) is 5.91 Å². The highest BCUT2D eigenvalue weighted by Gasteiger charge is 2.31. The number of aryl methyl sites for hydroxylation is 1. The molecule has 4 aromatic rings. The molecule has 1 aromatic heterocycles. The second kappa shape index (κ2) is 12.6. The van der Waals surface area contributed by atoms with Crippen LogP contribution < -0.4 is 10.6 Å². The van der Waals surface area contributed by atoms with Gasteiger partial charge in [-0.2, -0.15) is 0 Å². The van der Waals surface area contributed by atoms with Gasteiger partial charge in [0, 0.05) is 16.1 Å². The number of ether oxygens (including phenoxy) is 2. The second-order valence-corrected chi connectivity index (χ2v) is 10.5. The van der Waals surface area contributed by atoms with Crippen molar-refractivity contribution < 1.29 is 23.9 Å². The van der Waals surface area contributed by atoms with E-state index in [2.05, 4.69) is 10.6 Å². The molecule has 5 rings (SSSR count). The summed E-state index contributed by atoms with van der Waals surface area (Å²) in [6.45, 7) is 1.99. The predicted octanol–water partition coefficient (Wildman–Crippen LogP) is 7.08. The molecule has 0 unspecified atom stereocenters. The van der Waals surface area contributed by atoms with Crippen LogP contribution in [0.5, 0.6) is 0 Å². The van der Waals surface area contributed by atoms with Gasteiger partial charge in [0.05, 0.1) is 23.4 Å². The highest BCUT2D eigenvalue weighted by molar-refractivity contribution is 7.17. The molecule has 0 saturated carbocycles. The van der Waals surface area contributed by atoms with Crippen LogP contribution in [0, 0.1) is 0 Å². The molecule has 204 valence electrons. The number of carbonyl (C=O) groups excluding carboxylic acids is 3. The number of thiophene rings is 1. The lowest BCUT2D eigenvalue weighted by atomic mass is 9.95. The van der Waals surface area contributed by atoms with Crippen molar-refractivity contribution in [3.8, 4) is 0 Å². The fraction of sp³-hybridized carbons (Fsp3) is 0.219. The third kappa shape index (κ3) is 6.07. The van der Waals surface area contributed by atoms with Crippen LogP contribution in [0.15, 0.2) is 84.9 Å². The van der Waals surface area contributed by atoms with Crippen molar-refractivity contribution in [3.63, 3.8) is 0 Å². The first-order chi connectivity index (χ1) is 19.5. The number of nitrogens with one attached hydrogen (secondary N) is 2. The van der Waals surface area contributed by atoms with Crippen LogP contribution in [0.4, 0.5) is 16.4 Å². The van der Waals surface area contributed by atoms with Crippen molar-refractivity contribution in [2.75, 3.05) is 17.2 Å². The van der Waals surface area contributed by atoms with E-state index in [0.29, 0.717) is 27.4 Å². The molecule has 0 saturated heterocycles. The first-order valence-corrected chi connectivity index (χ1v) is 14.2. The number of anilines is 3. The smallest absolute Gasteiger partial charge is 0.341 e. The zero-order chi connectivity index (χ0) is 27.9. The standard InChI is InChI=1S/C32H30N2O5S/c1-2-38-32(37)27-24-18-10-12-20-26(24)40-30(27)34-29(35)28(21-13-5-3-6-14-21)39-31(36)23-17-9-11-19-25(23)33-22-15-7-4-8-16-22/h3-9,11,13-17,19,28,33H,2,10,12,18,20H2,1H3,(H,34,35)/t28-/m1/s1. The van der Waals surface area contributed by atoms with Gasteiger partial charge in [-0.3, -0.25) is 4.79 Å². The zero-order valence-corrected chi connectivity index (χ0v) is 23.0. The molecular weight excluding hydrogens is 524 g/mol. The number of hydrogen-bond acceptors (Lipinski definition) is 7. The molecule has 7 nitrogen and oxygen atoms in total. The van der Waals surface area contributed by atoms with E-state index in [1.807, 2.05) is 42.5 Å². The van der Waals surface area contributed by atoms with E-state index in [0.717, 1.165) is 41.8 Å². The molecule has 40 heavy (non-hydrogen) atoms. The molecule has 1 heterocycles. The first-order valence-electron chi connectivity index (χ1n) is 13.3. The maximum Gasteiger partial charge on any atom is 0.341 e. The van der Waals surface area contributed by atoms with Crippen molar-refractivity contribution >= 4 is 45.6 Å². The molecular formula is C32H30N2O5S. The number of carbonyl (C=O) groups is 3. The lowest BCUT2D eigenvalue weighted by molar-refractivity contribution is -0.125. The summed E-state index contributed by atoms with van der Waals surface area (Å²) in [5.41, 5.74) is 3.53. The van der Waals surface area contributed by atoms with Crippen LogP contribution >= 0.6 is 11.3 Å². The normalized spacial score (nSPS) is 13.0. The van der Waals surface area contributed by atoms with Gasteiger partial charge in [-0.05, 0) is 62.4 Å². The summed E-state index contributed by atoms with van der Waals surface area (Å²) in [6.07, 6.45) is 2.38. The highest BCUT2D eigenvalue weighted by atomic mass is 32.1. The minimum absolute atomic E-state index is 0.234. The number of esters is 2. The Bertz CT molecular complexity index is 1500. The molecule has 0 spiro atoms. The lowest BCUT2D eigenvalue weighted by Crippen LogP contribution is -2.26. The lowest BCUT2D eigenvalue weighted by Gasteiger charge is -2.19. The van der Waals surface area contributed by atoms with Crippen LogP contribution in [-0.4, -0.2) is 24.5 Å². The van der Waals surface area contributed by atoms with E-state index in [4.69, 9.17) is 9.47 Å². The van der Waals surface area contributed by atoms with Crippen LogP contribution in [0.1, 0.15) is 62.6 Å². The number of hydrogen-bond donors (Lipinski definition) is 2. The fourth-order valence-electron chi connectivity index (χ4n) is 4.77. The first kappa shape index (κ1) is 27.1. The number of rotatable bonds is 9. The Labute approximate surface area is 237 Å². The third-order valence-electron chi connectivity index (χ3n) is 6.65. The van der Waals surface area contributed by atoms with Crippen molar-refractivity contribution in [2.24, 2.45) is 0 Å². The van der Waals surface area contributed by atoms with Crippen molar-refractivity contribution in [3.05, 3.63) is 112 Å². The second-order valence-electron chi connectivity index (χ2n) is 9.36. The van der Waals surface area contributed by atoms with E-state index in [1.54, 1.807) is 49.4 Å². The Hall–Kier alpha value is -4.43. The van der Waals surface area contributed by atoms with Crippen molar-refractivity contribution in [2.45, 2.75) is 38.7 Å². The number of amides is 1. The van der Waals surface area contributed by atoms with Gasteiger partial charge in [-0.1, -0.05) is 60.7 Å². The van der Waals surface area contributed by atoms with Gasteiger partial charge in [0.1, 0.15) is 5.00 Å². The van der Waals surface area contributed by atoms with Gasteiger partial charge < -0.3 is 20.1 Å². The molecule has 1 atom stereocenters. The van der Waals surface area contributed by atoms with Gasteiger partial charge in [0.15, 0.2) is 0 Å². The molecule has 0 fully saturated rings. The van der Waals surface area contributed by atoms with E-state index in [-0.39, 0.29) is 6.61 Å². The Kier molecular flexibility index (Phi) is 8.56. The van der Waals surface area contributed by atoms with Crippen LogP contribution in [0.2, 0.25) is 0 Å². The number of benzene rings is 3. The monoisotopic (exact) mass is 554 g/mol. The molecule has 0 radical (unpaired) electrons. The maximum atomic E-state index is 13.8. The Morgan fingerprint density at radius 2 is 1.52 bits per heavy atom. The summed E-state index contributed by atoms with van der Waals surface area (Å²) in [5, 5.41) is 6.58. The Morgan fingerprint density at radius 3 is 2.27 bits per heavy atom. The average molecular weight is 555 g/mol. The predicted molar refractivity (Wildman–Crippen MR) is 156 cm³/mol. The molecule has 1 aliphatic carbocycles. The van der Waals surface area contributed by atoms with E-state index < -0.39 is 23.9 Å². The largest absolute Gasteiger partial charge is 0.462 e. The fourth-order valence-corrected chi connectivity index (χ4v) is 6.05. The van der Waals surface area contributed by atoms with Gasteiger partial charge in [0.2, 0.25) is 6.10 Å². The van der Waals surface area contributed by atoms with Gasteiger partial charge in [-0.25, -0.2) is 9.59 Å². The Balaban J connectivity index is 1.44. The molecule has 1 aliphatic rings. The number of para-hydroxylation sites is 2. The zero-order valence-electron chi connectivity index (χ0n) is 22.1. The maximum absolute atomic E-state index is 13.8. The molecule has 0 bridgehead atoms. The van der Waals surface area contributed by atoms with Gasteiger partial charge in [-0.15, -0.1) is 11.3 Å². The summed E-state index contributed by atoms with van der Waals surface area (Å²) in [5.74, 6) is -1.65. The summed E-state index contributed by atoms with van der Waals surface area (Å²) >= 11 is 1.39. The molecule has 1 amide bonds. The van der Waals surface area contributed by atoms with Crippen LogP contribution in [-0.2, 0) is 27.1 Å². The molecule has 3 aromatic carbocycles. The van der Waals surface area contributed by atoms with Crippen LogP contribution in [0.25, 0.3) is 0 Å².